The number of benzene rings is 1. The van der Waals surface area contributed by atoms with Crippen molar-refractivity contribution in [3.8, 4) is 5.69 Å². The second-order valence-corrected chi connectivity index (χ2v) is 4.80. The number of hydrogen-bond acceptors (Lipinski definition) is 2. The van der Waals surface area contributed by atoms with Crippen LogP contribution in [0.15, 0.2) is 30.3 Å². The summed E-state index contributed by atoms with van der Waals surface area (Å²) in [6.07, 6.45) is 2.04. The molecule has 0 spiro atoms. The van der Waals surface area contributed by atoms with E-state index in [1.54, 1.807) is 16.8 Å². The van der Waals surface area contributed by atoms with Gasteiger partial charge >= 0.3 is 5.97 Å². The molecule has 0 atom stereocenters. The monoisotopic (exact) mass is 260 g/mol. The Kier molecular flexibility index (Phi) is 2.81. The van der Waals surface area contributed by atoms with E-state index in [0.29, 0.717) is 17.3 Å². The number of carboxylic acid groups (broad SMARTS) is 1. The Morgan fingerprint density at radius 1 is 1.42 bits per heavy atom. The van der Waals surface area contributed by atoms with Crippen LogP contribution in [-0.4, -0.2) is 20.9 Å². The van der Waals surface area contributed by atoms with Gasteiger partial charge < -0.3 is 5.11 Å². The lowest BCUT2D eigenvalue weighted by atomic mass is 10.2. The number of carboxylic acids is 1. The Balaban J connectivity index is 2.03. The first-order valence-electron chi connectivity index (χ1n) is 6.20. The largest absolute Gasteiger partial charge is 0.481 e. The first-order valence-corrected chi connectivity index (χ1v) is 6.20. The van der Waals surface area contributed by atoms with Crippen molar-refractivity contribution in [2.24, 2.45) is 0 Å². The van der Waals surface area contributed by atoms with Crippen LogP contribution in [0.4, 0.5) is 4.39 Å². The number of aliphatic carboxylic acids is 1. The van der Waals surface area contributed by atoms with Gasteiger partial charge in [0.05, 0.1) is 17.8 Å². The van der Waals surface area contributed by atoms with Gasteiger partial charge in [-0.1, -0.05) is 6.07 Å². The summed E-state index contributed by atoms with van der Waals surface area (Å²) in [5.41, 5.74) is 2.12. The maximum Gasteiger partial charge on any atom is 0.309 e. The average molecular weight is 260 g/mol. The van der Waals surface area contributed by atoms with Gasteiger partial charge in [0.1, 0.15) is 5.82 Å². The van der Waals surface area contributed by atoms with E-state index in [2.05, 4.69) is 5.10 Å². The minimum Gasteiger partial charge on any atom is -0.481 e. The molecule has 0 aliphatic heterocycles. The highest BCUT2D eigenvalue weighted by Crippen LogP contribution is 2.41. The van der Waals surface area contributed by atoms with Gasteiger partial charge in [-0.15, -0.1) is 0 Å². The highest BCUT2D eigenvalue weighted by Gasteiger charge is 2.29. The molecule has 3 rings (SSSR count). The molecule has 1 heterocycles. The average Bonchev–Trinajstić information content (AvgIpc) is 3.11. The van der Waals surface area contributed by atoms with E-state index in [4.69, 9.17) is 5.11 Å². The summed E-state index contributed by atoms with van der Waals surface area (Å²) in [6, 6.07) is 7.99. The molecule has 0 amide bonds. The third-order valence-electron chi connectivity index (χ3n) is 3.17. The van der Waals surface area contributed by atoms with Gasteiger partial charge in [0.15, 0.2) is 0 Å². The van der Waals surface area contributed by atoms with Crippen LogP contribution in [0, 0.1) is 5.82 Å². The molecule has 19 heavy (non-hydrogen) atoms. The predicted octanol–water partition coefficient (Wildman–Crippen LogP) is 2.52. The predicted molar refractivity (Wildman–Crippen MR) is 66.8 cm³/mol. The van der Waals surface area contributed by atoms with Gasteiger partial charge in [-0.3, -0.25) is 4.79 Å². The van der Waals surface area contributed by atoms with Crippen LogP contribution in [-0.2, 0) is 11.2 Å². The van der Waals surface area contributed by atoms with Gasteiger partial charge in [-0.05, 0) is 37.1 Å². The fourth-order valence-electron chi connectivity index (χ4n) is 2.17. The fraction of sp³-hybridized carbons (Fsp3) is 0.286. The van der Waals surface area contributed by atoms with E-state index in [-0.39, 0.29) is 12.2 Å². The van der Waals surface area contributed by atoms with E-state index in [1.165, 1.54) is 12.1 Å². The van der Waals surface area contributed by atoms with Crippen LogP contribution in [0.1, 0.15) is 30.1 Å². The molecule has 0 radical (unpaired) electrons. The highest BCUT2D eigenvalue weighted by atomic mass is 19.1. The molecule has 1 fully saturated rings. The standard InChI is InChI=1S/C14H13FN2O2/c15-10-2-1-3-12(6-10)17-13(9-4-5-9)7-11(16-17)8-14(18)19/h1-3,6-7,9H,4-5,8H2,(H,18,19). The summed E-state index contributed by atoms with van der Waals surface area (Å²) < 4.78 is 14.9. The Hall–Kier alpha value is -2.17. The summed E-state index contributed by atoms with van der Waals surface area (Å²) >= 11 is 0. The van der Waals surface area contributed by atoms with Crippen LogP contribution in [0.5, 0.6) is 0 Å². The summed E-state index contributed by atoms with van der Waals surface area (Å²) in [7, 11) is 0. The van der Waals surface area contributed by atoms with E-state index in [0.717, 1.165) is 18.5 Å². The van der Waals surface area contributed by atoms with Gasteiger partial charge in [0.2, 0.25) is 0 Å². The molecule has 4 nitrogen and oxygen atoms in total. The van der Waals surface area contributed by atoms with E-state index < -0.39 is 5.97 Å². The van der Waals surface area contributed by atoms with Crippen molar-refractivity contribution in [3.63, 3.8) is 0 Å². The third-order valence-corrected chi connectivity index (χ3v) is 3.17. The zero-order chi connectivity index (χ0) is 13.4. The number of carbonyl (C=O) groups is 1. The number of hydrogen-bond donors (Lipinski definition) is 1. The summed E-state index contributed by atoms with van der Waals surface area (Å²) in [5, 5.41) is 13.1. The summed E-state index contributed by atoms with van der Waals surface area (Å²) in [4.78, 5) is 10.8. The molecule has 1 aliphatic carbocycles. The minimum absolute atomic E-state index is 0.109. The lowest BCUT2D eigenvalue weighted by molar-refractivity contribution is -0.136. The van der Waals surface area contributed by atoms with Crippen molar-refractivity contribution in [1.82, 2.24) is 9.78 Å². The molecule has 0 bridgehead atoms. The van der Waals surface area contributed by atoms with Crippen molar-refractivity contribution < 1.29 is 14.3 Å². The topological polar surface area (TPSA) is 55.1 Å². The number of rotatable bonds is 4. The second kappa shape index (κ2) is 4.50. The quantitative estimate of drug-likeness (QED) is 0.919. The molecule has 1 N–H and O–H groups in total. The molecule has 5 heteroatoms. The van der Waals surface area contributed by atoms with E-state index in [9.17, 15) is 9.18 Å². The lowest BCUT2D eigenvalue weighted by Crippen LogP contribution is -2.04. The highest BCUT2D eigenvalue weighted by molar-refractivity contribution is 5.69. The molecule has 98 valence electrons. The lowest BCUT2D eigenvalue weighted by Gasteiger charge is -2.06. The minimum atomic E-state index is -0.911. The van der Waals surface area contributed by atoms with Crippen molar-refractivity contribution in [2.45, 2.75) is 25.2 Å². The molecular formula is C14H13FN2O2. The van der Waals surface area contributed by atoms with Crippen molar-refractivity contribution in [2.75, 3.05) is 0 Å². The molecule has 1 aliphatic rings. The van der Waals surface area contributed by atoms with Crippen LogP contribution >= 0.6 is 0 Å². The number of halogens is 1. The second-order valence-electron chi connectivity index (χ2n) is 4.80. The molecule has 0 saturated heterocycles. The Labute approximate surface area is 109 Å². The van der Waals surface area contributed by atoms with Crippen LogP contribution in [0.3, 0.4) is 0 Å². The van der Waals surface area contributed by atoms with Crippen molar-refractivity contribution >= 4 is 5.97 Å². The Morgan fingerprint density at radius 2 is 2.21 bits per heavy atom. The maximum absolute atomic E-state index is 13.3. The molecule has 2 aromatic rings. The van der Waals surface area contributed by atoms with Crippen LogP contribution in [0.2, 0.25) is 0 Å². The first kappa shape index (κ1) is 11.9. The molecule has 1 aromatic carbocycles. The molecular weight excluding hydrogens is 247 g/mol. The van der Waals surface area contributed by atoms with Gasteiger partial charge in [0.25, 0.3) is 0 Å². The summed E-state index contributed by atoms with van der Waals surface area (Å²) in [6.45, 7) is 0. The normalized spacial score (nSPS) is 14.6. The van der Waals surface area contributed by atoms with Gasteiger partial charge in [-0.2, -0.15) is 5.10 Å². The van der Waals surface area contributed by atoms with Crippen LogP contribution in [0.25, 0.3) is 5.69 Å². The molecule has 1 aromatic heterocycles. The van der Waals surface area contributed by atoms with Gasteiger partial charge in [0, 0.05) is 11.6 Å². The maximum atomic E-state index is 13.3. The SMILES string of the molecule is O=C(O)Cc1cc(C2CC2)n(-c2cccc(F)c2)n1. The van der Waals surface area contributed by atoms with Crippen LogP contribution < -0.4 is 0 Å². The Morgan fingerprint density at radius 3 is 2.84 bits per heavy atom. The first-order chi connectivity index (χ1) is 9.13. The van der Waals surface area contributed by atoms with Gasteiger partial charge in [-0.25, -0.2) is 9.07 Å². The van der Waals surface area contributed by atoms with E-state index in [1.807, 2.05) is 6.07 Å². The van der Waals surface area contributed by atoms with Crippen molar-refractivity contribution in [1.29, 1.82) is 0 Å². The number of aromatic nitrogens is 2. The fourth-order valence-corrected chi connectivity index (χ4v) is 2.17. The zero-order valence-corrected chi connectivity index (χ0v) is 10.2. The van der Waals surface area contributed by atoms with E-state index >= 15 is 0 Å². The summed E-state index contributed by atoms with van der Waals surface area (Å²) in [5.74, 6) is -0.820. The van der Waals surface area contributed by atoms with Crippen molar-refractivity contribution in [3.05, 3.63) is 47.5 Å². The molecule has 0 unspecified atom stereocenters. The molecule has 1 saturated carbocycles. The zero-order valence-electron chi connectivity index (χ0n) is 10.2. The number of nitrogens with zero attached hydrogens (tertiary/aromatic N) is 2. The smallest absolute Gasteiger partial charge is 0.309 e. The Bertz CT molecular complexity index is 632. The third kappa shape index (κ3) is 2.50.